The molecule has 0 spiro atoms. The largest absolute Gasteiger partial charge is 0.312 e. The molecule has 2 rings (SSSR count). The number of benzene rings is 1. The first-order valence-electron chi connectivity index (χ1n) is 5.84. The predicted octanol–water partition coefficient (Wildman–Crippen LogP) is 3.71. The Bertz CT molecular complexity index is 517. The highest BCUT2D eigenvalue weighted by Crippen LogP contribution is 2.33. The Balaban J connectivity index is 2.56. The van der Waals surface area contributed by atoms with Crippen LogP contribution in [0.15, 0.2) is 24.3 Å². The van der Waals surface area contributed by atoms with Crippen LogP contribution < -0.4 is 5.32 Å². The number of aryl methyl sites for hydroxylation is 2. The van der Waals surface area contributed by atoms with Crippen LogP contribution in [0.2, 0.25) is 0 Å². The topological polar surface area (TPSA) is 24.9 Å². The molecule has 1 unspecified atom stereocenters. The van der Waals surface area contributed by atoms with Gasteiger partial charge in [0.15, 0.2) is 0 Å². The van der Waals surface area contributed by atoms with Crippen molar-refractivity contribution in [2.24, 2.45) is 0 Å². The van der Waals surface area contributed by atoms with Gasteiger partial charge in [0, 0.05) is 16.5 Å². The highest BCUT2D eigenvalue weighted by molar-refractivity contribution is 7.12. The molecule has 0 radical (unpaired) electrons. The zero-order chi connectivity index (χ0) is 12.4. The summed E-state index contributed by atoms with van der Waals surface area (Å²) in [5, 5.41) is 4.42. The van der Waals surface area contributed by atoms with Crippen LogP contribution >= 0.6 is 11.3 Å². The lowest BCUT2D eigenvalue weighted by Crippen LogP contribution is -2.11. The molecule has 0 fully saturated rings. The van der Waals surface area contributed by atoms with Gasteiger partial charge < -0.3 is 5.32 Å². The molecule has 90 valence electrons. The zero-order valence-corrected chi connectivity index (χ0v) is 11.6. The Kier molecular flexibility index (Phi) is 3.60. The summed E-state index contributed by atoms with van der Waals surface area (Å²) < 4.78 is 0. The third kappa shape index (κ3) is 2.40. The smallest absolute Gasteiger partial charge is 0.0905 e. The summed E-state index contributed by atoms with van der Waals surface area (Å²) in [6.45, 7) is 6.38. The van der Waals surface area contributed by atoms with Gasteiger partial charge in [0.25, 0.3) is 0 Å². The van der Waals surface area contributed by atoms with Crippen molar-refractivity contribution in [1.82, 2.24) is 10.3 Å². The van der Waals surface area contributed by atoms with E-state index in [1.54, 1.807) is 11.3 Å². The molecule has 1 atom stereocenters. The summed E-state index contributed by atoms with van der Waals surface area (Å²) >= 11 is 1.78. The van der Waals surface area contributed by atoms with Crippen LogP contribution in [0.4, 0.5) is 0 Å². The highest BCUT2D eigenvalue weighted by Gasteiger charge is 2.16. The molecule has 0 saturated heterocycles. The van der Waals surface area contributed by atoms with E-state index in [9.17, 15) is 0 Å². The van der Waals surface area contributed by atoms with Gasteiger partial charge in [-0.1, -0.05) is 24.3 Å². The highest BCUT2D eigenvalue weighted by atomic mass is 32.1. The molecule has 0 aliphatic carbocycles. The fraction of sp³-hybridized carbons (Fsp3) is 0.357. The minimum atomic E-state index is 0.343. The van der Waals surface area contributed by atoms with Crippen molar-refractivity contribution >= 4 is 11.3 Å². The molecule has 0 bridgehead atoms. The molecule has 1 N–H and O–H groups in total. The maximum atomic E-state index is 4.69. The summed E-state index contributed by atoms with van der Waals surface area (Å²) in [6.07, 6.45) is 0. The Labute approximate surface area is 107 Å². The quantitative estimate of drug-likeness (QED) is 0.893. The number of nitrogens with zero attached hydrogens (tertiary/aromatic N) is 1. The number of nitrogens with one attached hydrogen (secondary N) is 1. The number of rotatable bonds is 3. The number of hydrogen-bond acceptors (Lipinski definition) is 3. The fourth-order valence-electron chi connectivity index (χ4n) is 1.90. The van der Waals surface area contributed by atoms with Gasteiger partial charge >= 0.3 is 0 Å². The Hall–Kier alpha value is -1.19. The second-order valence-corrected chi connectivity index (χ2v) is 5.51. The van der Waals surface area contributed by atoms with Gasteiger partial charge in [0.05, 0.1) is 10.7 Å². The molecule has 17 heavy (non-hydrogen) atoms. The third-order valence-electron chi connectivity index (χ3n) is 2.99. The fourth-order valence-corrected chi connectivity index (χ4v) is 2.90. The summed E-state index contributed by atoms with van der Waals surface area (Å²) in [7, 11) is 1.99. The molecular weight excluding hydrogens is 228 g/mol. The average molecular weight is 246 g/mol. The minimum Gasteiger partial charge on any atom is -0.312 e. The minimum absolute atomic E-state index is 0.343. The second kappa shape index (κ2) is 4.98. The predicted molar refractivity (Wildman–Crippen MR) is 74.5 cm³/mol. The van der Waals surface area contributed by atoms with Gasteiger partial charge in [-0.05, 0) is 33.4 Å². The Morgan fingerprint density at radius 2 is 1.94 bits per heavy atom. The van der Waals surface area contributed by atoms with Gasteiger partial charge in [0.2, 0.25) is 0 Å². The van der Waals surface area contributed by atoms with Gasteiger partial charge in [-0.2, -0.15) is 0 Å². The third-order valence-corrected chi connectivity index (χ3v) is 4.14. The molecule has 0 aliphatic rings. The molecule has 2 nitrogen and oxygen atoms in total. The van der Waals surface area contributed by atoms with E-state index in [1.807, 2.05) is 7.05 Å². The molecule has 1 aromatic heterocycles. The van der Waals surface area contributed by atoms with E-state index in [2.05, 4.69) is 55.3 Å². The van der Waals surface area contributed by atoms with E-state index in [-0.39, 0.29) is 0 Å². The van der Waals surface area contributed by atoms with Crippen LogP contribution in [0, 0.1) is 13.8 Å². The summed E-state index contributed by atoms with van der Waals surface area (Å²) in [5.74, 6) is 0. The first-order chi connectivity index (χ1) is 8.13. The first kappa shape index (κ1) is 12.3. The van der Waals surface area contributed by atoms with Crippen molar-refractivity contribution in [3.8, 4) is 11.3 Å². The van der Waals surface area contributed by atoms with Gasteiger partial charge in [-0.15, -0.1) is 11.3 Å². The van der Waals surface area contributed by atoms with Gasteiger partial charge in [0.1, 0.15) is 0 Å². The van der Waals surface area contributed by atoms with Crippen molar-refractivity contribution in [2.45, 2.75) is 26.8 Å². The van der Waals surface area contributed by atoms with E-state index in [0.29, 0.717) is 6.04 Å². The second-order valence-electron chi connectivity index (χ2n) is 4.27. The van der Waals surface area contributed by atoms with E-state index in [0.717, 1.165) is 10.7 Å². The molecule has 1 aromatic carbocycles. The van der Waals surface area contributed by atoms with Gasteiger partial charge in [-0.25, -0.2) is 4.98 Å². The SMILES string of the molecule is CNC(C)c1sc(C)nc1-c1ccccc1C. The first-order valence-corrected chi connectivity index (χ1v) is 6.65. The van der Waals surface area contributed by atoms with Crippen molar-refractivity contribution in [2.75, 3.05) is 7.05 Å². The van der Waals surface area contributed by atoms with Gasteiger partial charge in [-0.3, -0.25) is 0 Å². The molecule has 2 aromatic rings. The van der Waals surface area contributed by atoms with E-state index in [4.69, 9.17) is 0 Å². The Morgan fingerprint density at radius 1 is 1.24 bits per heavy atom. The van der Waals surface area contributed by atoms with Crippen LogP contribution in [0.1, 0.15) is 28.4 Å². The van der Waals surface area contributed by atoms with Crippen LogP contribution in [-0.2, 0) is 0 Å². The van der Waals surface area contributed by atoms with Crippen LogP contribution in [0.25, 0.3) is 11.3 Å². The van der Waals surface area contributed by atoms with Crippen LogP contribution in [0.5, 0.6) is 0 Å². The van der Waals surface area contributed by atoms with E-state index in [1.165, 1.54) is 16.0 Å². The summed E-state index contributed by atoms with van der Waals surface area (Å²) in [4.78, 5) is 6.01. The maximum absolute atomic E-state index is 4.69. The van der Waals surface area contributed by atoms with E-state index < -0.39 is 0 Å². The average Bonchev–Trinajstić information content (AvgIpc) is 2.71. The number of hydrogen-bond donors (Lipinski definition) is 1. The lowest BCUT2D eigenvalue weighted by molar-refractivity contribution is 0.664. The van der Waals surface area contributed by atoms with Crippen molar-refractivity contribution < 1.29 is 0 Å². The van der Waals surface area contributed by atoms with Crippen LogP contribution in [-0.4, -0.2) is 12.0 Å². The Morgan fingerprint density at radius 3 is 2.59 bits per heavy atom. The molecule has 0 amide bonds. The van der Waals surface area contributed by atoms with E-state index >= 15 is 0 Å². The molecular formula is C14H18N2S. The normalized spacial score (nSPS) is 12.7. The zero-order valence-electron chi connectivity index (χ0n) is 10.7. The monoisotopic (exact) mass is 246 g/mol. The lowest BCUT2D eigenvalue weighted by Gasteiger charge is -2.11. The molecule has 0 saturated carbocycles. The van der Waals surface area contributed by atoms with Crippen molar-refractivity contribution in [1.29, 1.82) is 0 Å². The molecule has 1 heterocycles. The lowest BCUT2D eigenvalue weighted by atomic mass is 10.0. The van der Waals surface area contributed by atoms with Crippen molar-refractivity contribution in [3.05, 3.63) is 39.7 Å². The maximum Gasteiger partial charge on any atom is 0.0905 e. The molecule has 3 heteroatoms. The van der Waals surface area contributed by atoms with Crippen molar-refractivity contribution in [3.63, 3.8) is 0 Å². The summed E-state index contributed by atoms with van der Waals surface area (Å²) in [5.41, 5.74) is 3.66. The number of aromatic nitrogens is 1. The van der Waals surface area contributed by atoms with Crippen LogP contribution in [0.3, 0.4) is 0 Å². The number of thiazole rings is 1. The summed E-state index contributed by atoms with van der Waals surface area (Å²) in [6, 6.07) is 8.77. The molecule has 0 aliphatic heterocycles. The standard InChI is InChI=1S/C14H18N2S/c1-9-7-5-6-8-12(9)13-14(10(2)15-4)17-11(3)16-13/h5-8,10,15H,1-4H3.